The third-order valence-electron chi connectivity index (χ3n) is 4.29. The molecule has 1 aliphatic rings. The lowest BCUT2D eigenvalue weighted by atomic mass is 10.1. The first-order valence-electron chi connectivity index (χ1n) is 8.18. The highest BCUT2D eigenvalue weighted by molar-refractivity contribution is 5.48. The number of imidazole rings is 1. The van der Waals surface area contributed by atoms with Crippen LogP contribution in [-0.2, 0) is 6.42 Å². The summed E-state index contributed by atoms with van der Waals surface area (Å²) in [5, 5.41) is 3.65. The third-order valence-corrected chi connectivity index (χ3v) is 4.29. The van der Waals surface area contributed by atoms with E-state index in [-0.39, 0.29) is 0 Å². The largest absolute Gasteiger partial charge is 0.353 e. The Bertz CT molecular complexity index is 594. The molecule has 3 rings (SSSR count). The average molecular weight is 283 g/mol. The van der Waals surface area contributed by atoms with Crippen molar-refractivity contribution in [1.29, 1.82) is 0 Å². The molecule has 3 heteroatoms. The number of anilines is 1. The molecule has 0 aliphatic heterocycles. The van der Waals surface area contributed by atoms with Crippen molar-refractivity contribution in [2.75, 3.05) is 5.32 Å². The van der Waals surface area contributed by atoms with Crippen molar-refractivity contribution >= 4 is 5.95 Å². The Morgan fingerprint density at radius 3 is 2.76 bits per heavy atom. The normalized spacial score (nSPS) is 15.5. The second-order valence-corrected chi connectivity index (χ2v) is 6.08. The average Bonchev–Trinajstić information content (AvgIpc) is 3.10. The van der Waals surface area contributed by atoms with Crippen molar-refractivity contribution in [2.24, 2.45) is 0 Å². The van der Waals surface area contributed by atoms with Gasteiger partial charge in [0, 0.05) is 12.2 Å². The second-order valence-electron chi connectivity index (χ2n) is 6.08. The zero-order valence-electron chi connectivity index (χ0n) is 13.1. The molecule has 1 N–H and O–H groups in total. The minimum Gasteiger partial charge on any atom is -0.353 e. The number of rotatable bonds is 5. The summed E-state index contributed by atoms with van der Waals surface area (Å²) in [7, 11) is 0. The molecule has 1 aromatic heterocycles. The molecule has 1 aliphatic carbocycles. The van der Waals surface area contributed by atoms with Crippen LogP contribution in [0.1, 0.15) is 50.3 Å². The highest BCUT2D eigenvalue weighted by Crippen LogP contribution is 2.25. The van der Waals surface area contributed by atoms with Crippen molar-refractivity contribution in [3.05, 3.63) is 41.7 Å². The summed E-state index contributed by atoms with van der Waals surface area (Å²) in [6, 6.07) is 9.26. The summed E-state index contributed by atoms with van der Waals surface area (Å²) in [6.07, 6.45) is 9.62. The monoisotopic (exact) mass is 283 g/mol. The van der Waals surface area contributed by atoms with Gasteiger partial charge in [0.15, 0.2) is 0 Å². The fraction of sp³-hybridized carbons (Fsp3) is 0.500. The van der Waals surface area contributed by atoms with Crippen LogP contribution in [0.4, 0.5) is 5.95 Å². The van der Waals surface area contributed by atoms with Crippen molar-refractivity contribution in [1.82, 2.24) is 9.55 Å². The van der Waals surface area contributed by atoms with Crippen molar-refractivity contribution in [3.8, 4) is 5.69 Å². The highest BCUT2D eigenvalue weighted by Gasteiger charge is 2.18. The number of nitrogens with one attached hydrogen (secondary N) is 1. The van der Waals surface area contributed by atoms with Crippen LogP contribution in [0.15, 0.2) is 30.5 Å². The maximum absolute atomic E-state index is 4.70. The number of aromatic nitrogens is 2. The van der Waals surface area contributed by atoms with Crippen LogP contribution < -0.4 is 5.32 Å². The van der Waals surface area contributed by atoms with Gasteiger partial charge in [0.1, 0.15) is 0 Å². The molecule has 112 valence electrons. The second kappa shape index (κ2) is 6.33. The molecule has 0 amide bonds. The van der Waals surface area contributed by atoms with E-state index in [1.54, 1.807) is 0 Å². The number of para-hydroxylation sites is 1. The minimum atomic E-state index is 0.587. The van der Waals surface area contributed by atoms with Gasteiger partial charge >= 0.3 is 0 Å². The van der Waals surface area contributed by atoms with Crippen LogP contribution in [0.5, 0.6) is 0 Å². The SMILES string of the molecule is CCCc1ccccc1-n1cc(C)nc1NC1CCCC1. The lowest BCUT2D eigenvalue weighted by molar-refractivity contribution is 0.739. The van der Waals surface area contributed by atoms with E-state index >= 15 is 0 Å². The molecule has 21 heavy (non-hydrogen) atoms. The molecule has 3 nitrogen and oxygen atoms in total. The molecule has 0 radical (unpaired) electrons. The Morgan fingerprint density at radius 1 is 1.24 bits per heavy atom. The van der Waals surface area contributed by atoms with Gasteiger partial charge in [-0.05, 0) is 37.8 Å². The standard InChI is InChI=1S/C18H25N3/c1-3-8-15-9-4-7-12-17(15)21-13-14(2)19-18(21)20-16-10-5-6-11-16/h4,7,9,12-13,16H,3,5-6,8,10-11H2,1-2H3,(H,19,20). The van der Waals surface area contributed by atoms with E-state index in [0.29, 0.717) is 6.04 Å². The maximum Gasteiger partial charge on any atom is 0.207 e. The number of hydrogen-bond acceptors (Lipinski definition) is 2. The van der Waals surface area contributed by atoms with Gasteiger partial charge in [-0.3, -0.25) is 4.57 Å². The first-order valence-corrected chi connectivity index (χ1v) is 8.18. The number of benzene rings is 1. The van der Waals surface area contributed by atoms with Crippen LogP contribution in [0.2, 0.25) is 0 Å². The highest BCUT2D eigenvalue weighted by atomic mass is 15.2. The predicted molar refractivity (Wildman–Crippen MR) is 88.2 cm³/mol. The predicted octanol–water partition coefficient (Wildman–Crippen LogP) is 4.49. The third kappa shape index (κ3) is 3.12. The fourth-order valence-corrected chi connectivity index (χ4v) is 3.26. The molecule has 1 heterocycles. The van der Waals surface area contributed by atoms with Crippen LogP contribution in [0, 0.1) is 6.92 Å². The molecule has 0 atom stereocenters. The van der Waals surface area contributed by atoms with Gasteiger partial charge in [-0.2, -0.15) is 0 Å². The molecular formula is C18H25N3. The summed E-state index contributed by atoms with van der Waals surface area (Å²) in [5.74, 6) is 1.00. The Kier molecular flexibility index (Phi) is 4.28. The molecule has 0 bridgehead atoms. The van der Waals surface area contributed by atoms with Gasteiger partial charge in [0.2, 0.25) is 5.95 Å². The molecule has 0 unspecified atom stereocenters. The Labute approximate surface area is 127 Å². The number of aryl methyl sites for hydroxylation is 2. The van der Waals surface area contributed by atoms with E-state index in [0.717, 1.165) is 24.5 Å². The van der Waals surface area contributed by atoms with Crippen molar-refractivity contribution < 1.29 is 0 Å². The Morgan fingerprint density at radius 2 is 2.00 bits per heavy atom. The van der Waals surface area contributed by atoms with Crippen molar-refractivity contribution in [2.45, 2.75) is 58.4 Å². The Balaban J connectivity index is 1.94. The zero-order chi connectivity index (χ0) is 14.7. The first-order chi connectivity index (χ1) is 10.3. The summed E-state index contributed by atoms with van der Waals surface area (Å²) < 4.78 is 2.23. The molecule has 0 saturated heterocycles. The Hall–Kier alpha value is -1.77. The summed E-state index contributed by atoms with van der Waals surface area (Å²) >= 11 is 0. The molecule has 1 fully saturated rings. The van der Waals surface area contributed by atoms with Crippen LogP contribution in [0.3, 0.4) is 0 Å². The summed E-state index contributed by atoms with van der Waals surface area (Å²) in [6.45, 7) is 4.30. The summed E-state index contributed by atoms with van der Waals surface area (Å²) in [4.78, 5) is 4.70. The quantitative estimate of drug-likeness (QED) is 0.876. The molecule has 1 aromatic carbocycles. The molecule has 1 saturated carbocycles. The number of hydrogen-bond donors (Lipinski definition) is 1. The van der Waals surface area contributed by atoms with E-state index < -0.39 is 0 Å². The van der Waals surface area contributed by atoms with Crippen LogP contribution >= 0.6 is 0 Å². The van der Waals surface area contributed by atoms with Gasteiger partial charge < -0.3 is 5.32 Å². The van der Waals surface area contributed by atoms with Gasteiger partial charge in [-0.25, -0.2) is 4.98 Å². The summed E-state index contributed by atoms with van der Waals surface area (Å²) in [5.41, 5.74) is 3.73. The van der Waals surface area contributed by atoms with E-state index in [1.165, 1.54) is 36.9 Å². The molecule has 0 spiro atoms. The minimum absolute atomic E-state index is 0.587. The van der Waals surface area contributed by atoms with E-state index in [4.69, 9.17) is 4.98 Å². The fourth-order valence-electron chi connectivity index (χ4n) is 3.26. The lowest BCUT2D eigenvalue weighted by Gasteiger charge is -2.16. The molecular weight excluding hydrogens is 258 g/mol. The van der Waals surface area contributed by atoms with Gasteiger partial charge in [-0.15, -0.1) is 0 Å². The smallest absolute Gasteiger partial charge is 0.207 e. The molecule has 2 aromatic rings. The van der Waals surface area contributed by atoms with Gasteiger partial charge in [0.05, 0.1) is 11.4 Å². The lowest BCUT2D eigenvalue weighted by Crippen LogP contribution is -2.18. The van der Waals surface area contributed by atoms with Crippen LogP contribution in [-0.4, -0.2) is 15.6 Å². The number of nitrogens with zero attached hydrogens (tertiary/aromatic N) is 2. The van der Waals surface area contributed by atoms with Gasteiger partial charge in [0.25, 0.3) is 0 Å². The topological polar surface area (TPSA) is 29.9 Å². The van der Waals surface area contributed by atoms with Crippen molar-refractivity contribution in [3.63, 3.8) is 0 Å². The van der Waals surface area contributed by atoms with E-state index in [9.17, 15) is 0 Å². The van der Waals surface area contributed by atoms with Gasteiger partial charge in [-0.1, -0.05) is 44.4 Å². The maximum atomic E-state index is 4.70. The van der Waals surface area contributed by atoms with E-state index in [1.807, 2.05) is 0 Å². The first kappa shape index (κ1) is 14.2. The van der Waals surface area contributed by atoms with E-state index in [2.05, 4.69) is 54.2 Å². The zero-order valence-corrected chi connectivity index (χ0v) is 13.1. The van der Waals surface area contributed by atoms with Crippen LogP contribution in [0.25, 0.3) is 5.69 Å².